The summed E-state index contributed by atoms with van der Waals surface area (Å²) in [6, 6.07) is 9.96. The molecule has 1 aliphatic heterocycles. The summed E-state index contributed by atoms with van der Waals surface area (Å²) in [7, 11) is 0. The number of nitrogens with one attached hydrogen (secondary N) is 1. The number of hydrogen-bond donors (Lipinski definition) is 1. The van der Waals surface area contributed by atoms with Crippen LogP contribution in [0.3, 0.4) is 0 Å². The molecule has 1 amide bonds. The Morgan fingerprint density at radius 1 is 1.10 bits per heavy atom. The van der Waals surface area contributed by atoms with Crippen LogP contribution in [0.2, 0.25) is 0 Å². The van der Waals surface area contributed by atoms with E-state index in [-0.39, 0.29) is 24.5 Å². The number of hydrogen-bond acceptors (Lipinski definition) is 4. The van der Waals surface area contributed by atoms with Crippen molar-refractivity contribution in [1.29, 1.82) is 0 Å². The second-order valence-corrected chi connectivity index (χ2v) is 7.84. The lowest BCUT2D eigenvalue weighted by atomic mass is 9.96. The molecule has 1 aliphatic rings. The van der Waals surface area contributed by atoms with Crippen LogP contribution in [-0.2, 0) is 9.53 Å². The van der Waals surface area contributed by atoms with Crippen LogP contribution in [0.5, 0.6) is 0 Å². The van der Waals surface area contributed by atoms with Crippen LogP contribution >= 0.6 is 0 Å². The van der Waals surface area contributed by atoms with Crippen LogP contribution in [-0.4, -0.2) is 74.4 Å². The highest BCUT2D eigenvalue weighted by Gasteiger charge is 2.27. The largest absolute Gasteiger partial charge is 0.411 e. The van der Waals surface area contributed by atoms with E-state index in [1.165, 1.54) is 0 Å². The van der Waals surface area contributed by atoms with Crippen LogP contribution in [0.1, 0.15) is 31.9 Å². The highest BCUT2D eigenvalue weighted by molar-refractivity contribution is 5.78. The Labute approximate surface area is 171 Å². The quantitative estimate of drug-likeness (QED) is 0.597. The first-order valence-corrected chi connectivity index (χ1v) is 10.2. The first-order chi connectivity index (χ1) is 13.7. The molecule has 1 unspecified atom stereocenters. The number of rotatable bonds is 10. The predicted octanol–water partition coefficient (Wildman–Crippen LogP) is 3.09. The Kier molecular flexibility index (Phi) is 9.39. The van der Waals surface area contributed by atoms with E-state index >= 15 is 0 Å². The van der Waals surface area contributed by atoms with Crippen LogP contribution in [0.25, 0.3) is 0 Å². The van der Waals surface area contributed by atoms with E-state index < -0.39 is 12.8 Å². The van der Waals surface area contributed by atoms with Gasteiger partial charge in [0.2, 0.25) is 5.91 Å². The second-order valence-electron chi connectivity index (χ2n) is 7.84. The van der Waals surface area contributed by atoms with E-state index in [1.54, 1.807) is 0 Å². The maximum atomic E-state index is 12.5. The lowest BCUT2D eigenvalue weighted by Crippen LogP contribution is -2.50. The number of nitrogens with zero attached hydrogens (tertiary/aromatic N) is 2. The summed E-state index contributed by atoms with van der Waals surface area (Å²) < 4.78 is 40.7. The molecule has 1 N–H and O–H groups in total. The number of amides is 1. The van der Waals surface area contributed by atoms with Crippen molar-refractivity contribution in [3.8, 4) is 0 Å². The summed E-state index contributed by atoms with van der Waals surface area (Å²) in [4.78, 5) is 16.9. The molecule has 1 fully saturated rings. The van der Waals surface area contributed by atoms with Gasteiger partial charge in [-0.2, -0.15) is 13.2 Å². The Bertz CT molecular complexity index is 603. The van der Waals surface area contributed by atoms with Crippen molar-refractivity contribution in [2.45, 2.75) is 32.5 Å². The van der Waals surface area contributed by atoms with E-state index in [0.717, 1.165) is 31.7 Å². The van der Waals surface area contributed by atoms with Crippen LogP contribution in [0.4, 0.5) is 13.2 Å². The van der Waals surface area contributed by atoms with Crippen molar-refractivity contribution in [3.05, 3.63) is 35.9 Å². The van der Waals surface area contributed by atoms with Crippen molar-refractivity contribution < 1.29 is 22.7 Å². The van der Waals surface area contributed by atoms with E-state index in [4.69, 9.17) is 0 Å². The molecular weight excluding hydrogens is 383 g/mol. The summed E-state index contributed by atoms with van der Waals surface area (Å²) in [5.41, 5.74) is 1.11. The molecule has 1 heterocycles. The van der Waals surface area contributed by atoms with Crippen molar-refractivity contribution in [1.82, 2.24) is 15.1 Å². The molecule has 0 aliphatic carbocycles. The molecule has 1 saturated heterocycles. The number of carbonyl (C=O) groups is 1. The van der Waals surface area contributed by atoms with Gasteiger partial charge in [0.05, 0.1) is 12.6 Å². The van der Waals surface area contributed by atoms with Gasteiger partial charge in [0.25, 0.3) is 0 Å². The maximum absolute atomic E-state index is 12.5. The highest BCUT2D eigenvalue weighted by atomic mass is 19.4. The fraction of sp³-hybridized carbons (Fsp3) is 0.667. The summed E-state index contributed by atoms with van der Waals surface area (Å²) in [6.45, 7) is 7.33. The molecular formula is C21H32F3N3O2. The first-order valence-electron chi connectivity index (χ1n) is 10.2. The lowest BCUT2D eigenvalue weighted by molar-refractivity contribution is -0.174. The normalized spacial score (nSPS) is 17.4. The summed E-state index contributed by atoms with van der Waals surface area (Å²) >= 11 is 0. The maximum Gasteiger partial charge on any atom is 0.411 e. The van der Waals surface area contributed by atoms with E-state index in [1.807, 2.05) is 30.3 Å². The number of halogens is 3. The summed E-state index contributed by atoms with van der Waals surface area (Å²) in [5.74, 6) is 0.305. The molecule has 2 rings (SSSR count). The third kappa shape index (κ3) is 9.14. The first kappa shape index (κ1) is 23.6. The second kappa shape index (κ2) is 11.5. The zero-order chi connectivity index (χ0) is 21.3. The standard InChI is InChI=1S/C21H32F3N3O2/c1-17(2)20(18-7-4-3-5-8-18)25-19(28)15-27-12-10-26(11-13-27)9-6-14-29-16-21(22,23)24/h3-5,7-8,17,20H,6,9-16H2,1-2H3,(H,25,28). The molecule has 1 aromatic rings. The number of ether oxygens (including phenoxy) is 1. The van der Waals surface area contributed by atoms with Gasteiger partial charge in [0.15, 0.2) is 0 Å². The zero-order valence-electron chi connectivity index (χ0n) is 17.3. The lowest BCUT2D eigenvalue weighted by Gasteiger charge is -2.34. The SMILES string of the molecule is CC(C)C(NC(=O)CN1CCN(CCCOCC(F)(F)F)CC1)c1ccccc1. The van der Waals surface area contributed by atoms with E-state index in [2.05, 4.69) is 33.7 Å². The van der Waals surface area contributed by atoms with Crippen molar-refractivity contribution in [2.24, 2.45) is 5.92 Å². The van der Waals surface area contributed by atoms with E-state index in [0.29, 0.717) is 19.5 Å². The molecule has 164 valence electrons. The Hall–Kier alpha value is -1.64. The monoisotopic (exact) mass is 415 g/mol. The fourth-order valence-corrected chi connectivity index (χ4v) is 3.47. The van der Waals surface area contributed by atoms with Gasteiger partial charge in [-0.3, -0.25) is 9.69 Å². The van der Waals surface area contributed by atoms with Crippen molar-refractivity contribution >= 4 is 5.91 Å². The average molecular weight is 416 g/mol. The van der Waals surface area contributed by atoms with Crippen LogP contribution < -0.4 is 5.32 Å². The topological polar surface area (TPSA) is 44.8 Å². The minimum atomic E-state index is -4.26. The summed E-state index contributed by atoms with van der Waals surface area (Å²) in [6.07, 6.45) is -3.69. The Balaban J connectivity index is 1.66. The molecule has 0 spiro atoms. The van der Waals surface area contributed by atoms with Gasteiger partial charge in [0.1, 0.15) is 6.61 Å². The molecule has 5 nitrogen and oxygen atoms in total. The zero-order valence-corrected chi connectivity index (χ0v) is 17.3. The molecule has 1 aromatic carbocycles. The minimum Gasteiger partial charge on any atom is -0.372 e. The fourth-order valence-electron chi connectivity index (χ4n) is 3.47. The van der Waals surface area contributed by atoms with Crippen molar-refractivity contribution in [3.63, 3.8) is 0 Å². The number of carbonyl (C=O) groups excluding carboxylic acids is 1. The minimum absolute atomic E-state index is 0.0123. The molecule has 8 heteroatoms. The van der Waals surface area contributed by atoms with Gasteiger partial charge in [-0.1, -0.05) is 44.2 Å². The van der Waals surface area contributed by atoms with Gasteiger partial charge in [-0.15, -0.1) is 0 Å². The number of benzene rings is 1. The van der Waals surface area contributed by atoms with E-state index in [9.17, 15) is 18.0 Å². The Morgan fingerprint density at radius 2 is 1.72 bits per heavy atom. The molecule has 1 atom stereocenters. The van der Waals surface area contributed by atoms with Crippen LogP contribution in [0.15, 0.2) is 30.3 Å². The number of piperazine rings is 1. The van der Waals surface area contributed by atoms with Crippen LogP contribution in [0, 0.1) is 5.92 Å². The van der Waals surface area contributed by atoms with Gasteiger partial charge in [0, 0.05) is 39.3 Å². The van der Waals surface area contributed by atoms with Gasteiger partial charge < -0.3 is 15.0 Å². The molecule has 0 radical (unpaired) electrons. The number of alkyl halides is 3. The average Bonchev–Trinajstić information content (AvgIpc) is 2.67. The highest BCUT2D eigenvalue weighted by Crippen LogP contribution is 2.21. The summed E-state index contributed by atoms with van der Waals surface area (Å²) in [5, 5.41) is 3.15. The molecule has 0 aromatic heterocycles. The third-order valence-corrected chi connectivity index (χ3v) is 5.00. The van der Waals surface area contributed by atoms with Gasteiger partial charge in [-0.05, 0) is 17.9 Å². The molecule has 0 bridgehead atoms. The molecule has 29 heavy (non-hydrogen) atoms. The smallest absolute Gasteiger partial charge is 0.372 e. The van der Waals surface area contributed by atoms with Gasteiger partial charge in [-0.25, -0.2) is 0 Å². The van der Waals surface area contributed by atoms with Gasteiger partial charge >= 0.3 is 6.18 Å². The third-order valence-electron chi connectivity index (χ3n) is 5.00. The molecule has 0 saturated carbocycles. The predicted molar refractivity (Wildman–Crippen MR) is 107 cm³/mol. The van der Waals surface area contributed by atoms with Crippen molar-refractivity contribution in [2.75, 3.05) is 52.5 Å². The Morgan fingerprint density at radius 3 is 2.31 bits per heavy atom.